The summed E-state index contributed by atoms with van der Waals surface area (Å²) < 4.78 is 0. The molecule has 1 rings (SSSR count). The van der Waals surface area contributed by atoms with Crippen molar-refractivity contribution in [2.45, 2.75) is 13.5 Å². The summed E-state index contributed by atoms with van der Waals surface area (Å²) in [4.78, 5) is 1.81. The number of nitrogens with zero attached hydrogens (tertiary/aromatic N) is 1. The molecule has 0 aromatic heterocycles. The molecule has 0 fully saturated rings. The van der Waals surface area contributed by atoms with Gasteiger partial charge in [0.1, 0.15) is 0 Å². The largest absolute Gasteiger partial charge is 0.305 e. The van der Waals surface area contributed by atoms with Crippen molar-refractivity contribution in [2.75, 3.05) is 0 Å². The first kappa shape index (κ1) is 9.41. The molecule has 1 heteroatoms. The van der Waals surface area contributed by atoms with Crippen LogP contribution in [0.25, 0.3) is 0 Å². The summed E-state index contributed by atoms with van der Waals surface area (Å²) in [6, 6.07) is 12.8. The second-order valence-electron chi connectivity index (χ2n) is 2.73. The zero-order valence-corrected chi connectivity index (χ0v) is 7.77. The van der Waals surface area contributed by atoms with Gasteiger partial charge < -0.3 is 4.90 Å². The molecule has 0 bridgehead atoms. The highest BCUT2D eigenvalue weighted by atomic mass is 15.1. The Morgan fingerprint density at radius 3 is 2.62 bits per heavy atom. The number of hydrogen-bond donors (Lipinski definition) is 0. The molecule has 0 aliphatic rings. The SMILES string of the molecule is C#CN(/C=C\C)Cc1ccccc1. The van der Waals surface area contributed by atoms with E-state index in [1.807, 2.05) is 42.3 Å². The van der Waals surface area contributed by atoms with Gasteiger partial charge >= 0.3 is 0 Å². The Labute approximate surface area is 79.7 Å². The van der Waals surface area contributed by atoms with E-state index in [0.717, 1.165) is 6.54 Å². The van der Waals surface area contributed by atoms with Gasteiger partial charge in [-0.05, 0) is 12.5 Å². The first-order chi connectivity index (χ1) is 6.36. The van der Waals surface area contributed by atoms with E-state index in [0.29, 0.717) is 0 Å². The van der Waals surface area contributed by atoms with Crippen molar-refractivity contribution in [1.29, 1.82) is 0 Å². The Morgan fingerprint density at radius 1 is 1.38 bits per heavy atom. The van der Waals surface area contributed by atoms with E-state index in [9.17, 15) is 0 Å². The lowest BCUT2D eigenvalue weighted by Gasteiger charge is -2.11. The third-order valence-electron chi connectivity index (χ3n) is 1.69. The summed E-state index contributed by atoms with van der Waals surface area (Å²) in [6.07, 6.45) is 9.16. The van der Waals surface area contributed by atoms with Gasteiger partial charge in [0, 0.05) is 12.2 Å². The normalized spacial score (nSPS) is 9.85. The van der Waals surface area contributed by atoms with Gasteiger partial charge in [-0.1, -0.05) is 42.8 Å². The predicted octanol–water partition coefficient (Wildman–Crippen LogP) is 2.61. The van der Waals surface area contributed by atoms with Gasteiger partial charge in [0.15, 0.2) is 0 Å². The van der Waals surface area contributed by atoms with Crippen LogP contribution in [0.1, 0.15) is 12.5 Å². The molecule has 0 atom stereocenters. The molecular formula is C12H13N. The third-order valence-corrected chi connectivity index (χ3v) is 1.69. The van der Waals surface area contributed by atoms with Gasteiger partial charge in [0.25, 0.3) is 0 Å². The van der Waals surface area contributed by atoms with Crippen LogP contribution < -0.4 is 0 Å². The van der Waals surface area contributed by atoms with Crippen LogP contribution in [0, 0.1) is 12.5 Å². The molecule has 0 spiro atoms. The quantitative estimate of drug-likeness (QED) is 0.499. The topological polar surface area (TPSA) is 3.24 Å². The summed E-state index contributed by atoms with van der Waals surface area (Å²) in [5, 5.41) is 0. The van der Waals surface area contributed by atoms with Crippen LogP contribution in [-0.4, -0.2) is 4.90 Å². The minimum absolute atomic E-state index is 0.766. The van der Waals surface area contributed by atoms with Gasteiger partial charge in [0.05, 0.1) is 6.54 Å². The number of benzene rings is 1. The van der Waals surface area contributed by atoms with Crippen molar-refractivity contribution in [3.63, 3.8) is 0 Å². The summed E-state index contributed by atoms with van der Waals surface area (Å²) in [6.45, 7) is 2.72. The first-order valence-corrected chi connectivity index (χ1v) is 4.26. The van der Waals surface area contributed by atoms with Crippen molar-refractivity contribution < 1.29 is 0 Å². The number of hydrogen-bond acceptors (Lipinski definition) is 1. The molecule has 0 unspecified atom stereocenters. The second kappa shape index (κ2) is 5.05. The number of allylic oxidation sites excluding steroid dienone is 1. The molecular weight excluding hydrogens is 158 g/mol. The van der Waals surface area contributed by atoms with E-state index in [1.165, 1.54) is 5.56 Å². The highest BCUT2D eigenvalue weighted by molar-refractivity contribution is 5.16. The Hall–Kier alpha value is -1.68. The average molecular weight is 171 g/mol. The molecule has 13 heavy (non-hydrogen) atoms. The van der Waals surface area contributed by atoms with Gasteiger partial charge in [-0.3, -0.25) is 0 Å². The summed E-state index contributed by atoms with van der Waals surface area (Å²) in [5.41, 5.74) is 1.22. The van der Waals surface area contributed by atoms with Crippen LogP contribution in [0.15, 0.2) is 42.6 Å². The molecule has 1 aromatic rings. The number of rotatable bonds is 3. The van der Waals surface area contributed by atoms with Gasteiger partial charge in [0.2, 0.25) is 0 Å². The van der Waals surface area contributed by atoms with Crippen LogP contribution in [0.5, 0.6) is 0 Å². The molecule has 1 aromatic carbocycles. The highest BCUT2D eigenvalue weighted by Gasteiger charge is 1.94. The molecule has 0 saturated heterocycles. The molecule has 66 valence electrons. The third kappa shape index (κ3) is 3.04. The molecule has 0 amide bonds. The fourth-order valence-corrected chi connectivity index (χ4v) is 1.10. The smallest absolute Gasteiger partial charge is 0.0558 e. The summed E-state index contributed by atoms with van der Waals surface area (Å²) in [7, 11) is 0. The molecule has 0 aliphatic carbocycles. The van der Waals surface area contributed by atoms with E-state index in [4.69, 9.17) is 6.42 Å². The molecule has 1 nitrogen and oxygen atoms in total. The Kier molecular flexibility index (Phi) is 3.66. The fourth-order valence-electron chi connectivity index (χ4n) is 1.10. The standard InChI is InChI=1S/C12H13N/c1-3-10-13(4-2)11-12-8-6-5-7-9-12/h2-3,5-10H,11H2,1H3/b10-3-. The number of terminal acetylenes is 1. The maximum atomic E-state index is 5.33. The van der Waals surface area contributed by atoms with E-state index in [2.05, 4.69) is 18.2 Å². The molecule has 0 N–H and O–H groups in total. The molecule has 0 radical (unpaired) electrons. The lowest BCUT2D eigenvalue weighted by atomic mass is 10.2. The van der Waals surface area contributed by atoms with Gasteiger partial charge in [-0.25, -0.2) is 0 Å². The van der Waals surface area contributed by atoms with Crippen LogP contribution in [0.4, 0.5) is 0 Å². The van der Waals surface area contributed by atoms with Crippen molar-refractivity contribution in [3.05, 3.63) is 48.2 Å². The Balaban J connectivity index is 2.63. The fraction of sp³-hybridized carbons (Fsp3) is 0.167. The summed E-state index contributed by atoms with van der Waals surface area (Å²) >= 11 is 0. The maximum Gasteiger partial charge on any atom is 0.0558 e. The zero-order valence-electron chi connectivity index (χ0n) is 7.77. The van der Waals surface area contributed by atoms with E-state index >= 15 is 0 Å². The molecule has 0 heterocycles. The highest BCUT2D eigenvalue weighted by Crippen LogP contribution is 2.03. The molecule has 0 saturated carbocycles. The lowest BCUT2D eigenvalue weighted by Crippen LogP contribution is -2.08. The Bertz CT molecular complexity index is 306. The van der Waals surface area contributed by atoms with Gasteiger partial charge in [-0.2, -0.15) is 0 Å². The van der Waals surface area contributed by atoms with E-state index in [-0.39, 0.29) is 0 Å². The van der Waals surface area contributed by atoms with Crippen molar-refractivity contribution in [1.82, 2.24) is 4.90 Å². The van der Waals surface area contributed by atoms with E-state index < -0.39 is 0 Å². The van der Waals surface area contributed by atoms with Gasteiger partial charge in [-0.15, -0.1) is 0 Å². The first-order valence-electron chi connectivity index (χ1n) is 4.26. The second-order valence-corrected chi connectivity index (χ2v) is 2.73. The van der Waals surface area contributed by atoms with E-state index in [1.54, 1.807) is 0 Å². The Morgan fingerprint density at radius 2 is 2.08 bits per heavy atom. The monoisotopic (exact) mass is 171 g/mol. The lowest BCUT2D eigenvalue weighted by molar-refractivity contribution is 0.529. The summed E-state index contributed by atoms with van der Waals surface area (Å²) in [5.74, 6) is 0. The minimum atomic E-state index is 0.766. The average Bonchev–Trinajstić information content (AvgIpc) is 2.19. The predicted molar refractivity (Wildman–Crippen MR) is 55.6 cm³/mol. The minimum Gasteiger partial charge on any atom is -0.305 e. The van der Waals surface area contributed by atoms with Crippen LogP contribution >= 0.6 is 0 Å². The van der Waals surface area contributed by atoms with Crippen molar-refractivity contribution in [2.24, 2.45) is 0 Å². The van der Waals surface area contributed by atoms with Crippen LogP contribution in [0.3, 0.4) is 0 Å². The molecule has 0 aliphatic heterocycles. The van der Waals surface area contributed by atoms with Crippen LogP contribution in [0.2, 0.25) is 0 Å². The van der Waals surface area contributed by atoms with Crippen LogP contribution in [-0.2, 0) is 6.54 Å². The zero-order chi connectivity index (χ0) is 9.52. The van der Waals surface area contributed by atoms with Crippen molar-refractivity contribution in [3.8, 4) is 12.5 Å². The maximum absolute atomic E-state index is 5.33. The van der Waals surface area contributed by atoms with Crippen molar-refractivity contribution >= 4 is 0 Å².